The van der Waals surface area contributed by atoms with Gasteiger partial charge in [-0.2, -0.15) is 0 Å². The second kappa shape index (κ2) is 13.6. The Bertz CT molecular complexity index is 1230. The second-order valence-corrected chi connectivity index (χ2v) is 14.2. The third kappa shape index (κ3) is 8.46. The quantitative estimate of drug-likeness (QED) is 0.241. The molecule has 1 N–H and O–H groups in total. The minimum absolute atomic E-state index is 0.0385. The van der Waals surface area contributed by atoms with Crippen LogP contribution in [0.15, 0.2) is 48.5 Å². The molecule has 4 atom stereocenters. The highest BCUT2D eigenvalue weighted by atomic mass is 32.2. The summed E-state index contributed by atoms with van der Waals surface area (Å²) < 4.78 is 43.7. The van der Waals surface area contributed by atoms with E-state index < -0.39 is 16.1 Å². The molecule has 226 valence electrons. The van der Waals surface area contributed by atoms with Crippen LogP contribution in [0, 0.1) is 11.8 Å². The fraction of sp³-hybridized carbons (Fsp3) is 0.594. The smallest absolute Gasteiger partial charge is 0.347 e. The third-order valence-corrected chi connectivity index (χ3v) is 9.84. The molecule has 1 unspecified atom stereocenters. The highest BCUT2D eigenvalue weighted by Crippen LogP contribution is 2.46. The lowest BCUT2D eigenvalue weighted by molar-refractivity contribution is -0.151. The number of unbranched alkanes of at least 4 members (excludes halogenated alkanes) is 1. The Morgan fingerprint density at radius 1 is 1.00 bits per heavy atom. The van der Waals surface area contributed by atoms with E-state index in [0.717, 1.165) is 24.2 Å². The van der Waals surface area contributed by atoms with Crippen LogP contribution in [-0.2, 0) is 31.4 Å². The van der Waals surface area contributed by atoms with Gasteiger partial charge in [0.05, 0.1) is 12.4 Å². The molecule has 1 saturated heterocycles. The van der Waals surface area contributed by atoms with E-state index in [1.165, 1.54) is 5.56 Å². The molecule has 0 amide bonds. The van der Waals surface area contributed by atoms with Crippen molar-refractivity contribution in [1.29, 1.82) is 0 Å². The van der Waals surface area contributed by atoms with E-state index in [4.69, 9.17) is 14.2 Å². The third-order valence-electron chi connectivity index (χ3n) is 7.95. The number of hydrogen-bond donors (Lipinski definition) is 1. The number of sulfonamides is 1. The maximum absolute atomic E-state index is 12.6. The summed E-state index contributed by atoms with van der Waals surface area (Å²) in [5.74, 6) is 2.09. The van der Waals surface area contributed by atoms with Crippen LogP contribution in [0.4, 0.5) is 0 Å². The first kappa shape index (κ1) is 31.3. The highest BCUT2D eigenvalue weighted by Gasteiger charge is 2.57. The molecule has 0 aromatic heterocycles. The van der Waals surface area contributed by atoms with Crippen LogP contribution in [0.25, 0.3) is 0 Å². The number of ether oxygens (including phenoxy) is 3. The molecule has 0 bridgehead atoms. The van der Waals surface area contributed by atoms with Crippen LogP contribution in [0.3, 0.4) is 0 Å². The summed E-state index contributed by atoms with van der Waals surface area (Å²) in [6.45, 7) is 13.1. The number of esters is 1. The van der Waals surface area contributed by atoms with Crippen LogP contribution in [-0.4, -0.2) is 69.4 Å². The van der Waals surface area contributed by atoms with E-state index >= 15 is 0 Å². The Morgan fingerprint density at radius 3 is 2.22 bits per heavy atom. The molecular weight excluding hydrogens is 540 g/mol. The standard InChI is InChI=1S/C32H46N2O6S/c1-6-8-19-41(36,37)34-21-27-28(22-34)30(27)33-17-18-39-25-13-9-23(10-14-25)20-29(31(35)38-7-2)40-26-15-11-24(12-16-26)32(3,4)5/h9-16,27-30,33H,6-8,17-22H2,1-5H3/t27-,28+,29-,30?/m0/s1. The van der Waals surface area contributed by atoms with Gasteiger partial charge in [-0.15, -0.1) is 0 Å². The summed E-state index contributed by atoms with van der Waals surface area (Å²) in [5, 5.41) is 3.53. The van der Waals surface area contributed by atoms with Crippen LogP contribution >= 0.6 is 0 Å². The Hall–Kier alpha value is -2.62. The largest absolute Gasteiger partial charge is 0.492 e. The first-order valence-corrected chi connectivity index (χ1v) is 16.5. The molecule has 0 radical (unpaired) electrons. The predicted octanol–water partition coefficient (Wildman–Crippen LogP) is 4.57. The molecule has 9 heteroatoms. The monoisotopic (exact) mass is 586 g/mol. The summed E-state index contributed by atoms with van der Waals surface area (Å²) in [6, 6.07) is 15.9. The van der Waals surface area contributed by atoms with Gasteiger partial charge in [-0.1, -0.05) is 58.4 Å². The second-order valence-electron chi connectivity index (χ2n) is 12.1. The fourth-order valence-electron chi connectivity index (χ4n) is 5.41. The highest BCUT2D eigenvalue weighted by molar-refractivity contribution is 7.89. The lowest BCUT2D eigenvalue weighted by Crippen LogP contribution is -2.37. The Labute approximate surface area is 245 Å². The van der Waals surface area contributed by atoms with E-state index in [2.05, 4.69) is 26.1 Å². The van der Waals surface area contributed by atoms with Gasteiger partial charge in [0, 0.05) is 32.1 Å². The number of nitrogens with one attached hydrogen (secondary N) is 1. The molecule has 2 aromatic rings. The maximum Gasteiger partial charge on any atom is 0.347 e. The first-order valence-electron chi connectivity index (χ1n) is 14.9. The molecular formula is C32H46N2O6S. The number of nitrogens with zero attached hydrogens (tertiary/aromatic N) is 1. The van der Waals surface area contributed by atoms with Crippen molar-refractivity contribution in [2.24, 2.45) is 11.8 Å². The van der Waals surface area contributed by atoms with Gasteiger partial charge in [0.1, 0.15) is 18.1 Å². The van der Waals surface area contributed by atoms with Crippen LogP contribution in [0.5, 0.6) is 11.5 Å². The summed E-state index contributed by atoms with van der Waals surface area (Å²) >= 11 is 0. The number of carbonyl (C=O) groups is 1. The minimum atomic E-state index is -3.10. The van der Waals surface area contributed by atoms with Crippen molar-refractivity contribution in [1.82, 2.24) is 9.62 Å². The molecule has 1 heterocycles. The molecule has 2 fully saturated rings. The number of piperidine rings is 1. The zero-order valence-corrected chi connectivity index (χ0v) is 25.9. The van der Waals surface area contributed by atoms with Gasteiger partial charge in [-0.3, -0.25) is 0 Å². The van der Waals surface area contributed by atoms with Gasteiger partial charge in [0.2, 0.25) is 10.0 Å². The van der Waals surface area contributed by atoms with Gasteiger partial charge in [-0.05, 0) is 66.0 Å². The Kier molecular flexibility index (Phi) is 10.4. The van der Waals surface area contributed by atoms with E-state index in [-0.39, 0.29) is 17.1 Å². The van der Waals surface area contributed by atoms with Crippen molar-refractivity contribution in [3.05, 3.63) is 59.7 Å². The van der Waals surface area contributed by atoms with Crippen molar-refractivity contribution >= 4 is 16.0 Å². The average molecular weight is 587 g/mol. The summed E-state index contributed by atoms with van der Waals surface area (Å²) in [5.41, 5.74) is 2.18. The number of hydrogen-bond acceptors (Lipinski definition) is 7. The lowest BCUT2D eigenvalue weighted by Gasteiger charge is -2.21. The van der Waals surface area contributed by atoms with Gasteiger partial charge >= 0.3 is 5.97 Å². The molecule has 2 aromatic carbocycles. The molecule has 1 aliphatic heterocycles. The van der Waals surface area contributed by atoms with Crippen molar-refractivity contribution in [2.75, 3.05) is 38.6 Å². The van der Waals surface area contributed by atoms with E-state index in [9.17, 15) is 13.2 Å². The van der Waals surface area contributed by atoms with E-state index in [1.54, 1.807) is 11.2 Å². The van der Waals surface area contributed by atoms with Gasteiger partial charge in [0.15, 0.2) is 6.10 Å². The molecule has 0 spiro atoms. The molecule has 41 heavy (non-hydrogen) atoms. The lowest BCUT2D eigenvalue weighted by atomic mass is 9.87. The molecule has 8 nitrogen and oxygen atoms in total. The number of carbonyl (C=O) groups excluding carboxylic acids is 1. The zero-order chi connectivity index (χ0) is 29.6. The van der Waals surface area contributed by atoms with Crippen molar-refractivity contribution in [3.63, 3.8) is 0 Å². The minimum Gasteiger partial charge on any atom is -0.492 e. The van der Waals surface area contributed by atoms with Crippen molar-refractivity contribution in [3.8, 4) is 11.5 Å². The van der Waals surface area contributed by atoms with Gasteiger partial charge in [0.25, 0.3) is 0 Å². The van der Waals surface area contributed by atoms with Gasteiger partial charge < -0.3 is 19.5 Å². The van der Waals surface area contributed by atoms with Crippen molar-refractivity contribution < 1.29 is 27.4 Å². The number of fused-ring (bicyclic) bond motifs is 1. The van der Waals surface area contributed by atoms with Crippen LogP contribution < -0.4 is 14.8 Å². The normalized spacial score (nSPS) is 21.2. The van der Waals surface area contributed by atoms with Crippen LogP contribution in [0.2, 0.25) is 0 Å². The predicted molar refractivity (Wildman–Crippen MR) is 161 cm³/mol. The average Bonchev–Trinajstić information content (AvgIpc) is 3.36. The summed E-state index contributed by atoms with van der Waals surface area (Å²) in [6.07, 6.45) is 1.25. The molecule has 4 rings (SSSR count). The topological polar surface area (TPSA) is 94.2 Å². The van der Waals surface area contributed by atoms with Crippen molar-refractivity contribution in [2.45, 2.75) is 71.4 Å². The van der Waals surface area contributed by atoms with Crippen LogP contribution in [0.1, 0.15) is 58.6 Å². The van der Waals surface area contributed by atoms with E-state index in [1.807, 2.05) is 55.5 Å². The summed E-state index contributed by atoms with van der Waals surface area (Å²) in [4.78, 5) is 12.6. The van der Waals surface area contributed by atoms with Gasteiger partial charge in [-0.25, -0.2) is 17.5 Å². The Morgan fingerprint density at radius 2 is 1.63 bits per heavy atom. The Balaban J connectivity index is 1.21. The number of rotatable bonds is 15. The first-order chi connectivity index (χ1) is 19.5. The molecule has 1 aliphatic carbocycles. The van der Waals surface area contributed by atoms with E-state index in [0.29, 0.717) is 62.9 Å². The zero-order valence-electron chi connectivity index (χ0n) is 25.1. The SMILES string of the molecule is CCCCS(=O)(=O)N1C[C@@H]2C(NCCOc3ccc(C[C@H](Oc4ccc(C(C)(C)C)cc4)C(=O)OCC)cc3)[C@@H]2C1. The number of benzene rings is 2. The fourth-order valence-corrected chi connectivity index (χ4v) is 7.12. The maximum atomic E-state index is 12.6. The molecule has 2 aliphatic rings. The molecule has 1 saturated carbocycles. The summed E-state index contributed by atoms with van der Waals surface area (Å²) in [7, 11) is -3.10.